The Morgan fingerprint density at radius 1 is 1.47 bits per heavy atom. The molecule has 0 aliphatic carbocycles. The molecule has 0 unspecified atom stereocenters. The van der Waals surface area contributed by atoms with Crippen molar-refractivity contribution in [2.24, 2.45) is 5.73 Å². The van der Waals surface area contributed by atoms with Crippen molar-refractivity contribution in [3.63, 3.8) is 0 Å². The van der Waals surface area contributed by atoms with Gasteiger partial charge in [-0.2, -0.15) is 0 Å². The molecule has 0 atom stereocenters. The summed E-state index contributed by atoms with van der Waals surface area (Å²) in [4.78, 5) is 10.7. The Labute approximate surface area is 111 Å². The number of sulfonamides is 1. The first-order valence-corrected chi connectivity index (χ1v) is 7.01. The number of carboxylic acids is 1. The van der Waals surface area contributed by atoms with E-state index in [1.807, 2.05) is 0 Å². The van der Waals surface area contributed by atoms with E-state index in [1.54, 1.807) is 0 Å². The number of methoxy groups -OCH3 is 1. The number of carbonyl (C=O) groups is 1. The highest BCUT2D eigenvalue weighted by Crippen LogP contribution is 2.24. The molecule has 0 aromatic heterocycles. The van der Waals surface area contributed by atoms with Gasteiger partial charge in [0.15, 0.2) is 0 Å². The average molecular weight is 288 g/mol. The molecular weight excluding hydrogens is 272 g/mol. The maximum atomic E-state index is 12.0. The van der Waals surface area contributed by atoms with Gasteiger partial charge in [0.25, 0.3) is 0 Å². The molecule has 0 radical (unpaired) electrons. The van der Waals surface area contributed by atoms with E-state index < -0.39 is 16.0 Å². The lowest BCUT2D eigenvalue weighted by Gasteiger charge is -2.11. The molecule has 0 bridgehead atoms. The molecule has 0 aliphatic heterocycles. The first-order valence-electron chi connectivity index (χ1n) is 5.53. The molecule has 106 valence electrons. The summed E-state index contributed by atoms with van der Waals surface area (Å²) >= 11 is 0. The lowest BCUT2D eigenvalue weighted by atomic mass is 10.2. The van der Waals surface area contributed by atoms with Crippen molar-refractivity contribution in [2.75, 3.05) is 20.2 Å². The van der Waals surface area contributed by atoms with Gasteiger partial charge in [0.2, 0.25) is 10.0 Å². The van der Waals surface area contributed by atoms with Crippen molar-refractivity contribution in [1.29, 1.82) is 0 Å². The first-order chi connectivity index (χ1) is 8.92. The smallest absolute Gasteiger partial charge is 0.335 e. The zero-order valence-electron chi connectivity index (χ0n) is 10.4. The van der Waals surface area contributed by atoms with E-state index >= 15 is 0 Å². The van der Waals surface area contributed by atoms with Crippen LogP contribution in [0.15, 0.2) is 23.1 Å². The predicted octanol–water partition coefficient (Wildman–Crippen LogP) is 0.0205. The summed E-state index contributed by atoms with van der Waals surface area (Å²) in [7, 11) is -2.51. The minimum absolute atomic E-state index is 0.0882. The number of nitrogens with one attached hydrogen (secondary N) is 1. The Bertz CT molecular complexity index is 556. The van der Waals surface area contributed by atoms with Crippen LogP contribution in [0.2, 0.25) is 0 Å². The van der Waals surface area contributed by atoms with Gasteiger partial charge >= 0.3 is 5.97 Å². The zero-order chi connectivity index (χ0) is 14.5. The quantitative estimate of drug-likeness (QED) is 0.609. The van der Waals surface area contributed by atoms with Crippen LogP contribution in [0, 0.1) is 0 Å². The van der Waals surface area contributed by atoms with E-state index in [4.69, 9.17) is 15.6 Å². The van der Waals surface area contributed by atoms with Crippen molar-refractivity contribution < 1.29 is 23.1 Å². The number of ether oxygens (including phenoxy) is 1. The lowest BCUT2D eigenvalue weighted by molar-refractivity contribution is 0.0696. The van der Waals surface area contributed by atoms with Crippen LogP contribution in [-0.4, -0.2) is 39.7 Å². The summed E-state index contributed by atoms with van der Waals surface area (Å²) < 4.78 is 31.3. The van der Waals surface area contributed by atoms with Gasteiger partial charge in [-0.25, -0.2) is 17.9 Å². The topological polar surface area (TPSA) is 119 Å². The summed E-state index contributed by atoms with van der Waals surface area (Å²) in [5.41, 5.74) is 5.15. The van der Waals surface area contributed by atoms with Gasteiger partial charge in [0.1, 0.15) is 10.6 Å². The highest BCUT2D eigenvalue weighted by Gasteiger charge is 2.20. The fraction of sp³-hybridized carbons (Fsp3) is 0.364. The summed E-state index contributed by atoms with van der Waals surface area (Å²) in [5.74, 6) is -1.12. The molecule has 8 heteroatoms. The third-order valence-electron chi connectivity index (χ3n) is 2.37. The molecule has 0 saturated heterocycles. The monoisotopic (exact) mass is 288 g/mol. The molecule has 7 nitrogen and oxygen atoms in total. The van der Waals surface area contributed by atoms with Crippen LogP contribution in [0.4, 0.5) is 0 Å². The SMILES string of the molecule is COc1ccc(C(=O)O)cc1S(=O)(=O)NCCCN. The highest BCUT2D eigenvalue weighted by molar-refractivity contribution is 7.89. The number of carboxylic acid groups (broad SMARTS) is 1. The second-order valence-electron chi connectivity index (χ2n) is 3.71. The van der Waals surface area contributed by atoms with E-state index in [9.17, 15) is 13.2 Å². The lowest BCUT2D eigenvalue weighted by Crippen LogP contribution is -2.26. The normalized spacial score (nSPS) is 11.3. The van der Waals surface area contributed by atoms with Gasteiger partial charge in [-0.05, 0) is 31.2 Å². The summed E-state index contributed by atoms with van der Waals surface area (Å²) in [5, 5.41) is 8.88. The van der Waals surface area contributed by atoms with Crippen LogP contribution >= 0.6 is 0 Å². The molecule has 1 aromatic carbocycles. The Morgan fingerprint density at radius 2 is 2.16 bits per heavy atom. The number of hydrogen-bond acceptors (Lipinski definition) is 5. The zero-order valence-corrected chi connectivity index (χ0v) is 11.2. The van der Waals surface area contributed by atoms with Gasteiger partial charge in [-0.1, -0.05) is 0 Å². The number of nitrogens with two attached hydrogens (primary N) is 1. The average Bonchev–Trinajstić information content (AvgIpc) is 2.38. The maximum Gasteiger partial charge on any atom is 0.335 e. The Balaban J connectivity index is 3.15. The number of aromatic carboxylic acids is 1. The third kappa shape index (κ3) is 3.91. The van der Waals surface area contributed by atoms with Crippen molar-refractivity contribution in [3.8, 4) is 5.75 Å². The van der Waals surface area contributed by atoms with Gasteiger partial charge in [0, 0.05) is 6.54 Å². The van der Waals surface area contributed by atoms with Crippen molar-refractivity contribution >= 4 is 16.0 Å². The van der Waals surface area contributed by atoms with E-state index in [0.29, 0.717) is 13.0 Å². The molecular formula is C11H16N2O5S. The summed E-state index contributed by atoms with van der Waals surface area (Å²) in [6.45, 7) is 0.536. The molecule has 0 saturated carbocycles. The van der Waals surface area contributed by atoms with Crippen LogP contribution < -0.4 is 15.2 Å². The van der Waals surface area contributed by atoms with E-state index in [0.717, 1.165) is 6.07 Å². The molecule has 1 aromatic rings. The molecule has 1 rings (SSSR count). The van der Waals surface area contributed by atoms with Crippen LogP contribution in [-0.2, 0) is 10.0 Å². The minimum Gasteiger partial charge on any atom is -0.495 e. The fourth-order valence-corrected chi connectivity index (χ4v) is 2.67. The predicted molar refractivity (Wildman–Crippen MR) is 68.8 cm³/mol. The van der Waals surface area contributed by atoms with E-state index in [-0.39, 0.29) is 22.8 Å². The van der Waals surface area contributed by atoms with Crippen molar-refractivity contribution in [3.05, 3.63) is 23.8 Å². The first kappa shape index (κ1) is 15.4. The minimum atomic E-state index is -3.83. The molecule has 0 heterocycles. The number of benzene rings is 1. The number of rotatable bonds is 7. The molecule has 0 aliphatic rings. The van der Waals surface area contributed by atoms with Gasteiger partial charge in [-0.3, -0.25) is 0 Å². The van der Waals surface area contributed by atoms with Gasteiger partial charge < -0.3 is 15.6 Å². The summed E-state index contributed by atoms with van der Waals surface area (Å²) in [6, 6.07) is 3.65. The van der Waals surface area contributed by atoms with E-state index in [2.05, 4.69) is 4.72 Å². The van der Waals surface area contributed by atoms with Crippen LogP contribution in [0.1, 0.15) is 16.8 Å². The number of hydrogen-bond donors (Lipinski definition) is 3. The molecule has 19 heavy (non-hydrogen) atoms. The fourth-order valence-electron chi connectivity index (χ4n) is 1.41. The van der Waals surface area contributed by atoms with Crippen LogP contribution in [0.25, 0.3) is 0 Å². The standard InChI is InChI=1S/C11H16N2O5S/c1-18-9-4-3-8(11(14)15)7-10(9)19(16,17)13-6-2-5-12/h3-4,7,13H,2,5-6,12H2,1H3,(H,14,15). The largest absolute Gasteiger partial charge is 0.495 e. The molecule has 0 fully saturated rings. The summed E-state index contributed by atoms with van der Waals surface area (Å²) in [6.07, 6.45) is 0.486. The molecule has 4 N–H and O–H groups in total. The maximum absolute atomic E-state index is 12.0. The van der Waals surface area contributed by atoms with Crippen LogP contribution in [0.3, 0.4) is 0 Å². The Hall–Kier alpha value is -1.64. The molecule has 0 spiro atoms. The second-order valence-corrected chi connectivity index (χ2v) is 5.45. The van der Waals surface area contributed by atoms with Gasteiger partial charge in [0.05, 0.1) is 12.7 Å². The Morgan fingerprint density at radius 3 is 2.68 bits per heavy atom. The molecule has 0 amide bonds. The Kier molecular flexibility index (Phi) is 5.28. The van der Waals surface area contributed by atoms with E-state index in [1.165, 1.54) is 19.2 Å². The second kappa shape index (κ2) is 6.50. The van der Waals surface area contributed by atoms with Gasteiger partial charge in [-0.15, -0.1) is 0 Å². The van der Waals surface area contributed by atoms with Crippen molar-refractivity contribution in [1.82, 2.24) is 4.72 Å². The van der Waals surface area contributed by atoms with Crippen molar-refractivity contribution in [2.45, 2.75) is 11.3 Å². The highest BCUT2D eigenvalue weighted by atomic mass is 32.2. The third-order valence-corrected chi connectivity index (χ3v) is 3.86. The van der Waals surface area contributed by atoms with Crippen LogP contribution in [0.5, 0.6) is 5.75 Å².